The van der Waals surface area contributed by atoms with Gasteiger partial charge in [-0.25, -0.2) is 4.98 Å². The van der Waals surface area contributed by atoms with E-state index in [9.17, 15) is 0 Å². The summed E-state index contributed by atoms with van der Waals surface area (Å²) in [6, 6.07) is 6.02. The molecule has 21 heavy (non-hydrogen) atoms. The fraction of sp³-hybridized carbons (Fsp3) is 0.588. The Morgan fingerprint density at radius 3 is 2.81 bits per heavy atom. The summed E-state index contributed by atoms with van der Waals surface area (Å²) in [7, 11) is 1.66. The van der Waals surface area contributed by atoms with Crippen molar-refractivity contribution in [2.75, 3.05) is 7.11 Å². The molecule has 1 aliphatic rings. The standard InChI is InChI=1S/C17H24N2O2/c1-10-13(18)7-6-12(17(10,2)3)16-19-14-9-11(20-4)5-8-15(14)21-16/h5,8-10,12-13H,6-7,18H2,1-4H3. The Morgan fingerprint density at radius 2 is 2.10 bits per heavy atom. The fourth-order valence-electron chi connectivity index (χ4n) is 3.49. The zero-order chi connectivity index (χ0) is 15.2. The lowest BCUT2D eigenvalue weighted by molar-refractivity contribution is 0.0855. The highest BCUT2D eigenvalue weighted by molar-refractivity contribution is 5.74. The van der Waals surface area contributed by atoms with E-state index in [4.69, 9.17) is 19.9 Å². The number of ether oxygens (including phenoxy) is 1. The van der Waals surface area contributed by atoms with Crippen molar-refractivity contribution in [1.82, 2.24) is 4.98 Å². The molecule has 1 fully saturated rings. The van der Waals surface area contributed by atoms with Gasteiger partial charge in [0, 0.05) is 18.0 Å². The maximum absolute atomic E-state index is 6.24. The molecule has 4 nitrogen and oxygen atoms in total. The van der Waals surface area contributed by atoms with Crippen LogP contribution in [0.15, 0.2) is 22.6 Å². The third-order valence-electron chi connectivity index (χ3n) is 5.41. The first-order valence-corrected chi connectivity index (χ1v) is 7.63. The molecule has 1 heterocycles. The molecule has 3 unspecified atom stereocenters. The van der Waals surface area contributed by atoms with Crippen molar-refractivity contribution in [2.45, 2.75) is 45.6 Å². The average Bonchev–Trinajstić information content (AvgIpc) is 2.87. The molecule has 1 aliphatic carbocycles. The van der Waals surface area contributed by atoms with Crippen LogP contribution in [0.2, 0.25) is 0 Å². The monoisotopic (exact) mass is 288 g/mol. The lowest BCUT2D eigenvalue weighted by Gasteiger charge is -2.45. The van der Waals surface area contributed by atoms with Gasteiger partial charge in [-0.2, -0.15) is 0 Å². The van der Waals surface area contributed by atoms with E-state index in [1.165, 1.54) is 0 Å². The first-order chi connectivity index (χ1) is 9.93. The van der Waals surface area contributed by atoms with Crippen molar-refractivity contribution in [1.29, 1.82) is 0 Å². The minimum Gasteiger partial charge on any atom is -0.497 e. The molecule has 1 aromatic carbocycles. The van der Waals surface area contributed by atoms with Crippen LogP contribution in [0.1, 0.15) is 45.4 Å². The maximum Gasteiger partial charge on any atom is 0.199 e. The summed E-state index contributed by atoms with van der Waals surface area (Å²) in [6.45, 7) is 6.79. The molecule has 2 N–H and O–H groups in total. The smallest absolute Gasteiger partial charge is 0.199 e. The molecule has 0 bridgehead atoms. The van der Waals surface area contributed by atoms with Gasteiger partial charge >= 0.3 is 0 Å². The number of fused-ring (bicyclic) bond motifs is 1. The van der Waals surface area contributed by atoms with Crippen LogP contribution >= 0.6 is 0 Å². The Labute approximate surface area is 125 Å². The van der Waals surface area contributed by atoms with Gasteiger partial charge in [0.15, 0.2) is 11.5 Å². The van der Waals surface area contributed by atoms with Gasteiger partial charge in [-0.1, -0.05) is 20.8 Å². The van der Waals surface area contributed by atoms with Crippen molar-refractivity contribution < 1.29 is 9.15 Å². The Hall–Kier alpha value is -1.55. The van der Waals surface area contributed by atoms with Crippen molar-refractivity contribution >= 4 is 11.1 Å². The number of rotatable bonds is 2. The number of nitrogens with zero attached hydrogens (tertiary/aromatic N) is 1. The highest BCUT2D eigenvalue weighted by Crippen LogP contribution is 2.49. The molecule has 3 rings (SSSR count). The van der Waals surface area contributed by atoms with Crippen molar-refractivity contribution in [2.24, 2.45) is 17.1 Å². The van der Waals surface area contributed by atoms with E-state index in [1.807, 2.05) is 18.2 Å². The topological polar surface area (TPSA) is 61.3 Å². The molecule has 0 spiro atoms. The average molecular weight is 288 g/mol. The lowest BCUT2D eigenvalue weighted by Crippen LogP contribution is -2.45. The molecule has 0 aliphatic heterocycles. The first kappa shape index (κ1) is 14.4. The minimum absolute atomic E-state index is 0.0859. The van der Waals surface area contributed by atoms with Gasteiger partial charge in [0.25, 0.3) is 0 Å². The van der Waals surface area contributed by atoms with Crippen molar-refractivity contribution in [3.05, 3.63) is 24.1 Å². The largest absolute Gasteiger partial charge is 0.497 e. The summed E-state index contributed by atoms with van der Waals surface area (Å²) in [5.74, 6) is 2.40. The Balaban J connectivity index is 1.99. The molecule has 1 saturated carbocycles. The second kappa shape index (κ2) is 5.02. The molecule has 114 valence electrons. The summed E-state index contributed by atoms with van der Waals surface area (Å²) in [6.07, 6.45) is 2.06. The van der Waals surface area contributed by atoms with Gasteiger partial charge in [0.1, 0.15) is 11.3 Å². The quantitative estimate of drug-likeness (QED) is 0.915. The number of aromatic nitrogens is 1. The fourth-order valence-corrected chi connectivity index (χ4v) is 3.49. The molecule has 0 saturated heterocycles. The van der Waals surface area contributed by atoms with E-state index in [-0.39, 0.29) is 11.5 Å². The SMILES string of the molecule is COc1ccc2oc(C3CCC(N)C(C)C3(C)C)nc2c1. The van der Waals surface area contributed by atoms with Crippen LogP contribution in [-0.4, -0.2) is 18.1 Å². The lowest BCUT2D eigenvalue weighted by atomic mass is 9.61. The van der Waals surface area contributed by atoms with E-state index in [1.54, 1.807) is 7.11 Å². The summed E-state index contributed by atoms with van der Waals surface area (Å²) in [5, 5.41) is 0. The second-order valence-electron chi connectivity index (χ2n) is 6.79. The molecule has 3 atom stereocenters. The second-order valence-corrected chi connectivity index (χ2v) is 6.79. The van der Waals surface area contributed by atoms with Gasteiger partial charge in [-0.05, 0) is 36.3 Å². The van der Waals surface area contributed by atoms with Crippen LogP contribution in [0.4, 0.5) is 0 Å². The first-order valence-electron chi connectivity index (χ1n) is 7.63. The maximum atomic E-state index is 6.24. The Kier molecular flexibility index (Phi) is 3.44. The van der Waals surface area contributed by atoms with Gasteiger partial charge in [-0.15, -0.1) is 0 Å². The molecular weight excluding hydrogens is 264 g/mol. The molecular formula is C17H24N2O2. The number of methoxy groups -OCH3 is 1. The third kappa shape index (κ3) is 2.31. The minimum atomic E-state index is 0.0859. The Bertz CT molecular complexity index is 647. The van der Waals surface area contributed by atoms with Crippen molar-refractivity contribution in [3.63, 3.8) is 0 Å². The number of hydrogen-bond donors (Lipinski definition) is 1. The molecule has 0 radical (unpaired) electrons. The number of oxazole rings is 1. The van der Waals surface area contributed by atoms with Crippen LogP contribution in [0, 0.1) is 11.3 Å². The highest BCUT2D eigenvalue weighted by atomic mass is 16.5. The van der Waals surface area contributed by atoms with E-state index in [2.05, 4.69) is 20.8 Å². The van der Waals surface area contributed by atoms with Crippen LogP contribution < -0.4 is 10.5 Å². The number of nitrogens with two attached hydrogens (primary N) is 1. The zero-order valence-electron chi connectivity index (χ0n) is 13.2. The summed E-state index contributed by atoms with van der Waals surface area (Å²) in [5.41, 5.74) is 8.01. The number of hydrogen-bond acceptors (Lipinski definition) is 4. The van der Waals surface area contributed by atoms with Crippen LogP contribution in [0.25, 0.3) is 11.1 Å². The normalized spacial score (nSPS) is 28.7. The molecule has 0 amide bonds. The predicted octanol–water partition coefficient (Wildman–Crippen LogP) is 3.70. The summed E-state index contributed by atoms with van der Waals surface area (Å²) >= 11 is 0. The van der Waals surface area contributed by atoms with E-state index in [0.717, 1.165) is 35.6 Å². The van der Waals surface area contributed by atoms with E-state index >= 15 is 0 Å². The van der Waals surface area contributed by atoms with Crippen LogP contribution in [0.5, 0.6) is 5.75 Å². The van der Waals surface area contributed by atoms with Crippen LogP contribution in [-0.2, 0) is 0 Å². The number of benzene rings is 1. The summed E-state index contributed by atoms with van der Waals surface area (Å²) < 4.78 is 11.3. The zero-order valence-corrected chi connectivity index (χ0v) is 13.2. The van der Waals surface area contributed by atoms with Gasteiger partial charge in [-0.3, -0.25) is 0 Å². The predicted molar refractivity (Wildman–Crippen MR) is 83.5 cm³/mol. The third-order valence-corrected chi connectivity index (χ3v) is 5.41. The Morgan fingerprint density at radius 1 is 1.33 bits per heavy atom. The molecule has 2 aromatic rings. The van der Waals surface area contributed by atoms with Gasteiger partial charge in [0.05, 0.1) is 7.11 Å². The highest BCUT2D eigenvalue weighted by Gasteiger charge is 2.44. The van der Waals surface area contributed by atoms with Gasteiger partial charge in [0.2, 0.25) is 0 Å². The molecule has 4 heteroatoms. The van der Waals surface area contributed by atoms with E-state index in [0.29, 0.717) is 11.8 Å². The summed E-state index contributed by atoms with van der Waals surface area (Å²) in [4.78, 5) is 4.71. The van der Waals surface area contributed by atoms with Gasteiger partial charge < -0.3 is 14.9 Å². The van der Waals surface area contributed by atoms with Crippen molar-refractivity contribution in [3.8, 4) is 5.75 Å². The van der Waals surface area contributed by atoms with Crippen LogP contribution in [0.3, 0.4) is 0 Å². The molecule has 1 aromatic heterocycles. The van der Waals surface area contributed by atoms with E-state index < -0.39 is 0 Å².